The fourth-order valence-corrected chi connectivity index (χ4v) is 13.7. The minimum Gasteiger partial charge on any atom is -0.432 e. The van der Waals surface area contributed by atoms with Crippen LogP contribution < -0.4 is 0 Å². The minimum atomic E-state index is -1.54. The Morgan fingerprint density at radius 1 is 0.698 bits per heavy atom. The standard InChI is InChI=1S/C42H68O11/c1-20-12-17-42(37(49)53-36-34(48)32(46)30(44)23(4)51-36)19-18-40(8)24(28(42)21(20)2)10-11-26-39(7)15-14-27(38(5,6)25(39)13-16-41(26,40)9)52-35-33(47)31(45)29(43)22(3)50-35/h10,20-23,25-36,43-48H,11-19H2,1-9H3/t20-,21+,22+,23+,25+,26-,27+,28?,29+,30+,31-,32-,33-,34-,35+,36+,39+,40-,41-,42+/m1/s1. The summed E-state index contributed by atoms with van der Waals surface area (Å²) in [5.41, 5.74) is 0.260. The van der Waals surface area contributed by atoms with E-state index in [9.17, 15) is 35.4 Å². The summed E-state index contributed by atoms with van der Waals surface area (Å²) >= 11 is 0. The fourth-order valence-electron chi connectivity index (χ4n) is 13.7. The molecule has 302 valence electrons. The highest BCUT2D eigenvalue weighted by molar-refractivity contribution is 5.79. The van der Waals surface area contributed by atoms with E-state index in [-0.39, 0.29) is 45.6 Å². The molecule has 0 aromatic heterocycles. The Balaban J connectivity index is 1.17. The Bertz CT molecular complexity index is 1440. The Morgan fingerprint density at radius 3 is 1.94 bits per heavy atom. The van der Waals surface area contributed by atoms with Crippen molar-refractivity contribution in [3.05, 3.63) is 11.6 Å². The maximum absolute atomic E-state index is 14.6. The maximum atomic E-state index is 14.6. The van der Waals surface area contributed by atoms with Gasteiger partial charge >= 0.3 is 5.97 Å². The SMILES string of the molecule is C[C@@H]1CC[C@]2(C(=O)O[C@@H]3O[C@@H](C)[C@H](O)[C@@H](O)[C@H]3O)CC[C@]3(C)C(=CC[C@@H]4[C@@]5(C)CC[C@H](O[C@@H]6O[C@@H](C)[C@H](O)[C@@H](O)[C@H]6O)C(C)(C)[C@@H]5CC[C@]43C)C2[C@H]1C. The fraction of sp³-hybridized carbons (Fsp3) is 0.929. The van der Waals surface area contributed by atoms with Gasteiger partial charge in [-0.05, 0) is 123 Å². The van der Waals surface area contributed by atoms with Gasteiger partial charge in [-0.25, -0.2) is 0 Å². The monoisotopic (exact) mass is 748 g/mol. The number of fused-ring (bicyclic) bond motifs is 7. The Morgan fingerprint density at radius 2 is 1.30 bits per heavy atom. The van der Waals surface area contributed by atoms with Gasteiger partial charge in [-0.3, -0.25) is 4.79 Å². The summed E-state index contributed by atoms with van der Waals surface area (Å²) in [6.07, 6.45) is -1.70. The lowest BCUT2D eigenvalue weighted by Crippen LogP contribution is -2.66. The van der Waals surface area contributed by atoms with Crippen LogP contribution in [0.3, 0.4) is 0 Å². The summed E-state index contributed by atoms with van der Waals surface area (Å²) in [5.74, 6) is 1.04. The molecule has 53 heavy (non-hydrogen) atoms. The van der Waals surface area contributed by atoms with Crippen LogP contribution in [0.5, 0.6) is 0 Å². The van der Waals surface area contributed by atoms with Gasteiger partial charge in [0.1, 0.15) is 36.6 Å². The van der Waals surface area contributed by atoms with E-state index < -0.39 is 66.8 Å². The highest BCUT2D eigenvalue weighted by atomic mass is 16.7. The second-order valence-electron chi connectivity index (χ2n) is 20.1. The molecule has 20 atom stereocenters. The van der Waals surface area contributed by atoms with E-state index in [0.29, 0.717) is 30.6 Å². The van der Waals surface area contributed by atoms with Crippen molar-refractivity contribution in [1.82, 2.24) is 0 Å². The van der Waals surface area contributed by atoms with E-state index in [0.717, 1.165) is 44.9 Å². The number of allylic oxidation sites excluding steroid dienone is 2. The number of aliphatic hydroxyl groups is 6. The van der Waals surface area contributed by atoms with Gasteiger partial charge in [0.2, 0.25) is 6.29 Å². The van der Waals surface area contributed by atoms with E-state index in [4.69, 9.17) is 18.9 Å². The third-order valence-electron chi connectivity index (χ3n) is 17.5. The van der Waals surface area contributed by atoms with E-state index in [2.05, 4.69) is 54.5 Å². The smallest absolute Gasteiger partial charge is 0.315 e. The molecule has 7 aliphatic rings. The number of hydrogen-bond donors (Lipinski definition) is 6. The van der Waals surface area contributed by atoms with Gasteiger partial charge in [0.25, 0.3) is 0 Å². The molecule has 0 radical (unpaired) electrons. The van der Waals surface area contributed by atoms with Crippen molar-refractivity contribution in [3.8, 4) is 0 Å². The molecule has 2 aliphatic heterocycles. The van der Waals surface area contributed by atoms with Gasteiger partial charge in [0, 0.05) is 0 Å². The van der Waals surface area contributed by atoms with Crippen molar-refractivity contribution < 1.29 is 54.4 Å². The summed E-state index contributed by atoms with van der Waals surface area (Å²) in [7, 11) is 0. The molecule has 1 unspecified atom stereocenters. The maximum Gasteiger partial charge on any atom is 0.315 e. The molecule has 4 saturated carbocycles. The lowest BCUT2D eigenvalue weighted by atomic mass is 9.33. The van der Waals surface area contributed by atoms with Gasteiger partial charge < -0.3 is 49.6 Å². The van der Waals surface area contributed by atoms with Gasteiger partial charge in [-0.15, -0.1) is 0 Å². The van der Waals surface area contributed by atoms with Crippen molar-refractivity contribution in [1.29, 1.82) is 0 Å². The van der Waals surface area contributed by atoms with Crippen LogP contribution >= 0.6 is 0 Å². The quantitative estimate of drug-likeness (QED) is 0.138. The van der Waals surface area contributed by atoms with Crippen LogP contribution in [0, 0.1) is 56.7 Å². The number of carbonyl (C=O) groups is 1. The van der Waals surface area contributed by atoms with Gasteiger partial charge in [0.05, 0.1) is 23.7 Å². The van der Waals surface area contributed by atoms with Crippen molar-refractivity contribution in [2.24, 2.45) is 56.7 Å². The molecule has 0 bridgehead atoms. The molecule has 2 heterocycles. The van der Waals surface area contributed by atoms with Crippen molar-refractivity contribution in [3.63, 3.8) is 0 Å². The molecule has 0 amide bonds. The van der Waals surface area contributed by atoms with Crippen molar-refractivity contribution in [2.45, 2.75) is 188 Å². The molecular weight excluding hydrogens is 680 g/mol. The summed E-state index contributed by atoms with van der Waals surface area (Å²) in [4.78, 5) is 14.6. The Labute approximate surface area is 315 Å². The predicted octanol–water partition coefficient (Wildman–Crippen LogP) is 4.23. The third-order valence-corrected chi connectivity index (χ3v) is 17.5. The first-order chi connectivity index (χ1) is 24.7. The first-order valence-electron chi connectivity index (χ1n) is 20.6. The van der Waals surface area contributed by atoms with Crippen molar-refractivity contribution in [2.75, 3.05) is 0 Å². The highest BCUT2D eigenvalue weighted by Gasteiger charge is 2.70. The van der Waals surface area contributed by atoms with Crippen LogP contribution in [-0.4, -0.2) is 104 Å². The zero-order valence-electron chi connectivity index (χ0n) is 33.4. The summed E-state index contributed by atoms with van der Waals surface area (Å²) < 4.78 is 24.3. The van der Waals surface area contributed by atoms with Gasteiger partial charge in [0.15, 0.2) is 6.29 Å². The number of rotatable bonds is 4. The molecule has 7 rings (SSSR count). The number of esters is 1. The largest absolute Gasteiger partial charge is 0.432 e. The zero-order valence-corrected chi connectivity index (χ0v) is 33.4. The number of carbonyl (C=O) groups excluding carboxylic acids is 1. The molecular formula is C42H68O11. The van der Waals surface area contributed by atoms with E-state index in [1.54, 1.807) is 13.8 Å². The first kappa shape index (κ1) is 40.1. The van der Waals surface area contributed by atoms with Crippen LogP contribution in [-0.2, 0) is 23.7 Å². The average molecular weight is 749 g/mol. The Kier molecular flexibility index (Phi) is 10.2. The molecule has 11 nitrogen and oxygen atoms in total. The molecule has 6 N–H and O–H groups in total. The van der Waals surface area contributed by atoms with E-state index >= 15 is 0 Å². The van der Waals surface area contributed by atoms with Crippen LogP contribution in [0.25, 0.3) is 0 Å². The molecule has 0 aromatic rings. The predicted molar refractivity (Wildman–Crippen MR) is 195 cm³/mol. The third kappa shape index (κ3) is 5.70. The molecule has 6 fully saturated rings. The zero-order chi connectivity index (χ0) is 38.8. The first-order valence-corrected chi connectivity index (χ1v) is 20.6. The molecule has 5 aliphatic carbocycles. The lowest BCUT2D eigenvalue weighted by Gasteiger charge is -2.71. The van der Waals surface area contributed by atoms with Crippen LogP contribution in [0.4, 0.5) is 0 Å². The number of hydrogen-bond acceptors (Lipinski definition) is 11. The minimum absolute atomic E-state index is 0.0146. The summed E-state index contributed by atoms with van der Waals surface area (Å²) in [5, 5.41) is 63.1. The van der Waals surface area contributed by atoms with E-state index in [1.165, 1.54) is 5.57 Å². The van der Waals surface area contributed by atoms with Gasteiger partial charge in [-0.2, -0.15) is 0 Å². The summed E-state index contributed by atoms with van der Waals surface area (Å²) in [6.45, 7) is 19.9. The number of aliphatic hydroxyl groups excluding tert-OH is 6. The average Bonchev–Trinajstić information content (AvgIpc) is 3.10. The molecule has 0 spiro atoms. The molecule has 0 aromatic carbocycles. The van der Waals surface area contributed by atoms with Gasteiger partial charge in [-0.1, -0.05) is 60.1 Å². The second-order valence-corrected chi connectivity index (χ2v) is 20.1. The Hall–Kier alpha value is -1.15. The second kappa shape index (κ2) is 13.5. The summed E-state index contributed by atoms with van der Waals surface area (Å²) in [6, 6.07) is 0. The van der Waals surface area contributed by atoms with Crippen LogP contribution in [0.1, 0.15) is 120 Å². The molecule has 11 heteroatoms. The molecule has 2 saturated heterocycles. The lowest BCUT2D eigenvalue weighted by molar-refractivity contribution is -0.324. The van der Waals surface area contributed by atoms with Crippen LogP contribution in [0.2, 0.25) is 0 Å². The van der Waals surface area contributed by atoms with Crippen molar-refractivity contribution >= 4 is 5.97 Å². The highest BCUT2D eigenvalue weighted by Crippen LogP contribution is 2.76. The number of ether oxygens (including phenoxy) is 4. The topological polar surface area (TPSA) is 175 Å². The van der Waals surface area contributed by atoms with Crippen LogP contribution in [0.15, 0.2) is 11.6 Å². The normalized spacial score (nSPS) is 56.5. The van der Waals surface area contributed by atoms with E-state index in [1.807, 2.05) is 0 Å².